The number of amides is 2. The number of nitrogens with one attached hydrogen (secondary N) is 2. The number of carbonyl (C=O) groups is 1. The zero-order valence-corrected chi connectivity index (χ0v) is 10.8. The van der Waals surface area contributed by atoms with Gasteiger partial charge in [-0.3, -0.25) is 0 Å². The van der Waals surface area contributed by atoms with Gasteiger partial charge >= 0.3 is 6.03 Å². The quantitative estimate of drug-likeness (QED) is 0.745. The molecule has 0 spiro atoms. The molecule has 0 atom stereocenters. The second-order valence-corrected chi connectivity index (χ2v) is 4.24. The lowest BCUT2D eigenvalue weighted by Crippen LogP contribution is -2.28. The van der Waals surface area contributed by atoms with Gasteiger partial charge in [-0.05, 0) is 42.0 Å². The van der Waals surface area contributed by atoms with E-state index in [9.17, 15) is 4.79 Å². The zero-order chi connectivity index (χ0) is 14.4. The molecule has 0 heterocycles. The minimum atomic E-state index is -0.292. The average Bonchev–Trinajstić information content (AvgIpc) is 2.48. The molecule has 0 saturated heterocycles. The van der Waals surface area contributed by atoms with Crippen molar-refractivity contribution >= 4 is 17.4 Å². The summed E-state index contributed by atoms with van der Waals surface area (Å²) in [5, 5.41) is 14.1. The Bertz CT molecular complexity index is 626. The monoisotopic (exact) mass is 266 g/mol. The summed E-state index contributed by atoms with van der Waals surface area (Å²) >= 11 is 0. The van der Waals surface area contributed by atoms with Crippen molar-refractivity contribution in [2.45, 2.75) is 6.54 Å². The smallest absolute Gasteiger partial charge is 0.319 e. The standard InChI is InChI=1S/C15H14N4O/c16-9-11-1-3-12(4-2-11)10-18-15(20)19-14-7-5-13(17)6-8-14/h1-8H,10,17H2,(H2,18,19,20). The minimum absolute atomic E-state index is 0.292. The molecule has 4 N–H and O–H groups in total. The predicted octanol–water partition coefficient (Wildman–Crippen LogP) is 2.46. The van der Waals surface area contributed by atoms with Crippen molar-refractivity contribution in [2.24, 2.45) is 0 Å². The van der Waals surface area contributed by atoms with E-state index in [-0.39, 0.29) is 6.03 Å². The van der Waals surface area contributed by atoms with E-state index in [2.05, 4.69) is 10.6 Å². The molecule has 0 bridgehead atoms. The van der Waals surface area contributed by atoms with Gasteiger partial charge in [0.2, 0.25) is 0 Å². The molecule has 100 valence electrons. The van der Waals surface area contributed by atoms with Gasteiger partial charge in [-0.25, -0.2) is 4.79 Å². The van der Waals surface area contributed by atoms with Crippen LogP contribution in [0.2, 0.25) is 0 Å². The number of urea groups is 1. The second-order valence-electron chi connectivity index (χ2n) is 4.24. The van der Waals surface area contributed by atoms with E-state index < -0.39 is 0 Å². The van der Waals surface area contributed by atoms with Gasteiger partial charge in [0.1, 0.15) is 0 Å². The molecule has 5 nitrogen and oxygen atoms in total. The molecular weight excluding hydrogens is 252 g/mol. The SMILES string of the molecule is N#Cc1ccc(CNC(=O)Nc2ccc(N)cc2)cc1. The van der Waals surface area contributed by atoms with Gasteiger partial charge in [-0.2, -0.15) is 5.26 Å². The third-order valence-electron chi connectivity index (χ3n) is 2.70. The first-order valence-electron chi connectivity index (χ1n) is 6.07. The van der Waals surface area contributed by atoms with Crippen LogP contribution >= 0.6 is 0 Å². The van der Waals surface area contributed by atoms with E-state index in [1.807, 2.05) is 18.2 Å². The maximum atomic E-state index is 11.7. The number of hydrogen-bond donors (Lipinski definition) is 3. The molecule has 2 aromatic rings. The summed E-state index contributed by atoms with van der Waals surface area (Å²) in [6, 6.07) is 15.7. The minimum Gasteiger partial charge on any atom is -0.399 e. The molecule has 5 heteroatoms. The van der Waals surface area contributed by atoms with Crippen LogP contribution in [-0.4, -0.2) is 6.03 Å². The van der Waals surface area contributed by atoms with Crippen molar-refractivity contribution in [1.29, 1.82) is 5.26 Å². The number of nitrogens with zero attached hydrogens (tertiary/aromatic N) is 1. The van der Waals surface area contributed by atoms with E-state index in [0.29, 0.717) is 23.5 Å². The maximum Gasteiger partial charge on any atom is 0.319 e. The molecule has 2 aromatic carbocycles. The predicted molar refractivity (Wildman–Crippen MR) is 77.9 cm³/mol. The van der Waals surface area contributed by atoms with Crippen molar-refractivity contribution in [1.82, 2.24) is 5.32 Å². The van der Waals surface area contributed by atoms with Gasteiger partial charge in [0, 0.05) is 17.9 Å². The Kier molecular flexibility index (Phi) is 4.20. The van der Waals surface area contributed by atoms with Crippen molar-refractivity contribution in [3.63, 3.8) is 0 Å². The highest BCUT2D eigenvalue weighted by Gasteiger charge is 2.01. The number of rotatable bonds is 3. The number of benzene rings is 2. The Hall–Kier alpha value is -3.00. The normalized spacial score (nSPS) is 9.55. The fraction of sp³-hybridized carbons (Fsp3) is 0.0667. The molecule has 0 aliphatic heterocycles. The lowest BCUT2D eigenvalue weighted by Gasteiger charge is -2.08. The van der Waals surface area contributed by atoms with Crippen molar-refractivity contribution < 1.29 is 4.79 Å². The molecule has 2 rings (SSSR count). The summed E-state index contributed by atoms with van der Waals surface area (Å²) in [5.41, 5.74) is 8.41. The molecule has 0 radical (unpaired) electrons. The summed E-state index contributed by atoms with van der Waals surface area (Å²) in [4.78, 5) is 11.7. The average molecular weight is 266 g/mol. The van der Waals surface area contributed by atoms with Gasteiger partial charge < -0.3 is 16.4 Å². The third kappa shape index (κ3) is 3.75. The number of nitriles is 1. The number of anilines is 2. The number of carbonyl (C=O) groups excluding carboxylic acids is 1. The van der Waals surface area contributed by atoms with Crippen molar-refractivity contribution in [3.05, 3.63) is 59.7 Å². The largest absolute Gasteiger partial charge is 0.399 e. The molecular formula is C15H14N4O. The highest BCUT2D eigenvalue weighted by Crippen LogP contribution is 2.10. The molecule has 0 saturated carbocycles. The molecule has 20 heavy (non-hydrogen) atoms. The van der Waals surface area contributed by atoms with Gasteiger partial charge in [0.05, 0.1) is 11.6 Å². The van der Waals surface area contributed by atoms with E-state index in [1.54, 1.807) is 36.4 Å². The zero-order valence-electron chi connectivity index (χ0n) is 10.8. The molecule has 0 fully saturated rings. The molecule has 2 amide bonds. The topological polar surface area (TPSA) is 90.9 Å². The van der Waals surface area contributed by atoms with Gasteiger partial charge in [-0.15, -0.1) is 0 Å². The highest BCUT2D eigenvalue weighted by molar-refractivity contribution is 5.89. The lowest BCUT2D eigenvalue weighted by atomic mass is 10.1. The Labute approximate surface area is 117 Å². The van der Waals surface area contributed by atoms with Crippen LogP contribution in [0.25, 0.3) is 0 Å². The van der Waals surface area contributed by atoms with Crippen LogP contribution in [-0.2, 0) is 6.54 Å². The van der Waals surface area contributed by atoms with Crippen LogP contribution in [0, 0.1) is 11.3 Å². The maximum absolute atomic E-state index is 11.7. The van der Waals surface area contributed by atoms with Crippen LogP contribution in [0.5, 0.6) is 0 Å². The van der Waals surface area contributed by atoms with Crippen LogP contribution in [0.1, 0.15) is 11.1 Å². The van der Waals surface area contributed by atoms with E-state index >= 15 is 0 Å². The summed E-state index contributed by atoms with van der Waals surface area (Å²) in [7, 11) is 0. The van der Waals surface area contributed by atoms with Crippen LogP contribution < -0.4 is 16.4 Å². The van der Waals surface area contributed by atoms with Crippen LogP contribution in [0.15, 0.2) is 48.5 Å². The Morgan fingerprint density at radius 3 is 2.35 bits per heavy atom. The fourth-order valence-corrected chi connectivity index (χ4v) is 1.62. The fourth-order valence-electron chi connectivity index (χ4n) is 1.62. The number of hydrogen-bond acceptors (Lipinski definition) is 3. The number of nitrogen functional groups attached to an aromatic ring is 1. The van der Waals surface area contributed by atoms with Crippen LogP contribution in [0.4, 0.5) is 16.2 Å². The van der Waals surface area contributed by atoms with E-state index in [0.717, 1.165) is 5.56 Å². The second kappa shape index (κ2) is 6.25. The molecule has 0 aliphatic rings. The van der Waals surface area contributed by atoms with E-state index in [1.165, 1.54) is 0 Å². The first kappa shape index (κ1) is 13.4. The lowest BCUT2D eigenvalue weighted by molar-refractivity contribution is 0.251. The summed E-state index contributed by atoms with van der Waals surface area (Å²) < 4.78 is 0. The molecule has 0 aromatic heterocycles. The Morgan fingerprint density at radius 1 is 1.10 bits per heavy atom. The Balaban J connectivity index is 1.85. The summed E-state index contributed by atoms with van der Waals surface area (Å²) in [5.74, 6) is 0. The number of nitrogens with two attached hydrogens (primary N) is 1. The highest BCUT2D eigenvalue weighted by atomic mass is 16.2. The van der Waals surface area contributed by atoms with Gasteiger partial charge in [0.25, 0.3) is 0 Å². The summed E-state index contributed by atoms with van der Waals surface area (Å²) in [6.07, 6.45) is 0. The molecule has 0 aliphatic carbocycles. The van der Waals surface area contributed by atoms with Crippen molar-refractivity contribution in [2.75, 3.05) is 11.1 Å². The molecule has 0 unspecified atom stereocenters. The van der Waals surface area contributed by atoms with E-state index in [4.69, 9.17) is 11.0 Å². The van der Waals surface area contributed by atoms with Crippen molar-refractivity contribution in [3.8, 4) is 6.07 Å². The van der Waals surface area contributed by atoms with Crippen LogP contribution in [0.3, 0.4) is 0 Å². The summed E-state index contributed by atoms with van der Waals surface area (Å²) in [6.45, 7) is 0.395. The van der Waals surface area contributed by atoms with Gasteiger partial charge in [-0.1, -0.05) is 12.1 Å². The van der Waals surface area contributed by atoms with Gasteiger partial charge in [0.15, 0.2) is 0 Å². The first-order valence-corrected chi connectivity index (χ1v) is 6.07. The Morgan fingerprint density at radius 2 is 1.75 bits per heavy atom. The third-order valence-corrected chi connectivity index (χ3v) is 2.70. The first-order chi connectivity index (χ1) is 9.67.